The van der Waals surface area contributed by atoms with E-state index in [1.165, 1.54) is 0 Å². The first-order valence-corrected chi connectivity index (χ1v) is 2.27. The molecule has 6 heteroatoms. The lowest BCUT2D eigenvalue weighted by Crippen LogP contribution is -1.97. The molecule has 0 atom stereocenters. The molecular weight excluding hydrogens is 136 g/mol. The van der Waals surface area contributed by atoms with Gasteiger partial charge >= 0.3 is 17.7 Å². The highest BCUT2D eigenvalue weighted by molar-refractivity contribution is 5.83. The zero-order valence-electron chi connectivity index (χ0n) is 4.70. The number of aromatic amines is 1. The number of rotatable bonds is 1. The minimum absolute atomic E-state index is 0.114. The normalized spacial score (nSPS) is 8.70. The maximum atomic E-state index is 10.1. The molecule has 10 heavy (non-hydrogen) atoms. The average molecular weight is 138 g/mol. The molecule has 1 aromatic rings. The Kier molecular flexibility index (Phi) is 1.33. The summed E-state index contributed by atoms with van der Waals surface area (Å²) >= 11 is 0. The lowest BCUT2D eigenvalue weighted by atomic mass is 10.6. The van der Waals surface area contributed by atoms with Gasteiger partial charge in [-0.05, 0) is 0 Å². The number of aromatic carboxylic acids is 1. The molecule has 2 N–H and O–H groups in total. The van der Waals surface area contributed by atoms with Crippen LogP contribution >= 0.6 is 0 Å². The van der Waals surface area contributed by atoms with Gasteiger partial charge in [0.2, 0.25) is 0 Å². The summed E-state index contributed by atoms with van der Waals surface area (Å²) in [6, 6.07) is 0. The summed E-state index contributed by atoms with van der Waals surface area (Å²) in [5.74, 6) is -1.74. The number of nitrogens with one attached hydrogen (secondary N) is 1. The molecule has 1 heterocycles. The van der Waals surface area contributed by atoms with Crippen molar-refractivity contribution in [3.63, 3.8) is 0 Å². The fourth-order valence-electron chi connectivity index (χ4n) is 0.399. The molecule has 0 aromatic carbocycles. The van der Waals surface area contributed by atoms with Crippen molar-refractivity contribution in [2.75, 3.05) is 0 Å². The van der Waals surface area contributed by atoms with Gasteiger partial charge in [0.15, 0.2) is 0 Å². The van der Waals surface area contributed by atoms with Crippen LogP contribution in [0.5, 0.6) is 0 Å². The molecular formula is C4H2N4O2. The lowest BCUT2D eigenvalue weighted by molar-refractivity contribution is 0.0684. The highest BCUT2D eigenvalue weighted by Crippen LogP contribution is 2.00. The van der Waals surface area contributed by atoms with Crippen LogP contribution in [0.25, 0.3) is 4.85 Å². The number of carboxylic acids is 1. The summed E-state index contributed by atoms with van der Waals surface area (Å²) in [4.78, 5) is 16.2. The van der Waals surface area contributed by atoms with Crippen LogP contribution < -0.4 is 0 Å². The van der Waals surface area contributed by atoms with E-state index in [4.69, 9.17) is 11.7 Å². The van der Waals surface area contributed by atoms with Crippen molar-refractivity contribution < 1.29 is 9.90 Å². The first-order chi connectivity index (χ1) is 4.74. The predicted octanol–water partition coefficient (Wildman–Crippen LogP) is 0.0537. The second-order valence-electron chi connectivity index (χ2n) is 1.40. The van der Waals surface area contributed by atoms with Gasteiger partial charge in [0.05, 0.1) is 0 Å². The summed E-state index contributed by atoms with van der Waals surface area (Å²) in [7, 11) is 0. The van der Waals surface area contributed by atoms with Crippen molar-refractivity contribution in [3.05, 3.63) is 17.2 Å². The second kappa shape index (κ2) is 2.14. The van der Waals surface area contributed by atoms with Crippen molar-refractivity contribution in [1.29, 1.82) is 0 Å². The molecule has 0 unspecified atom stereocenters. The zero-order chi connectivity index (χ0) is 7.56. The molecule has 0 aliphatic rings. The lowest BCUT2D eigenvalue weighted by Gasteiger charge is -1.73. The summed E-state index contributed by atoms with van der Waals surface area (Å²) in [6.45, 7) is 6.40. The molecule has 6 nitrogen and oxygen atoms in total. The quantitative estimate of drug-likeness (QED) is 0.537. The number of nitrogens with zero attached hydrogens (tertiary/aromatic N) is 3. The molecule has 0 saturated carbocycles. The van der Waals surface area contributed by atoms with Gasteiger partial charge < -0.3 is 9.95 Å². The predicted molar refractivity (Wildman–Crippen MR) is 29.6 cm³/mol. The molecule has 0 fully saturated rings. The van der Waals surface area contributed by atoms with E-state index in [1.54, 1.807) is 0 Å². The van der Waals surface area contributed by atoms with E-state index in [2.05, 4.69) is 20.0 Å². The van der Waals surface area contributed by atoms with Gasteiger partial charge in [-0.3, -0.25) is 0 Å². The van der Waals surface area contributed by atoms with Crippen molar-refractivity contribution in [3.8, 4) is 0 Å². The third kappa shape index (κ3) is 0.925. The van der Waals surface area contributed by atoms with Crippen LogP contribution in [0.15, 0.2) is 0 Å². The molecule has 0 radical (unpaired) electrons. The van der Waals surface area contributed by atoms with Crippen LogP contribution in [0, 0.1) is 6.57 Å². The molecule has 0 bridgehead atoms. The standard InChI is InChI=1S/C4H2N4O2/c1-5-4-6-2(3(9)10)7-8-4/h(H,9,10)(H,6,7,8). The van der Waals surface area contributed by atoms with Gasteiger partial charge in [-0.1, -0.05) is 5.10 Å². The van der Waals surface area contributed by atoms with E-state index in [1.807, 2.05) is 0 Å². The molecule has 0 spiro atoms. The van der Waals surface area contributed by atoms with Gasteiger partial charge in [0, 0.05) is 0 Å². The Bertz CT molecular complexity index is 296. The maximum Gasteiger partial charge on any atom is 0.392 e. The Morgan fingerprint density at radius 1 is 1.80 bits per heavy atom. The smallest absolute Gasteiger partial charge is 0.392 e. The highest BCUT2D eigenvalue weighted by atomic mass is 16.4. The third-order valence-electron chi connectivity index (χ3n) is 0.771. The van der Waals surface area contributed by atoms with E-state index >= 15 is 0 Å². The number of carbonyl (C=O) groups is 1. The summed E-state index contributed by atoms with van der Waals surface area (Å²) < 4.78 is 0. The second-order valence-corrected chi connectivity index (χ2v) is 1.40. The maximum absolute atomic E-state index is 10.1. The van der Waals surface area contributed by atoms with Crippen LogP contribution in [-0.4, -0.2) is 26.3 Å². The molecule has 50 valence electrons. The Morgan fingerprint density at radius 3 is 2.80 bits per heavy atom. The third-order valence-corrected chi connectivity index (χ3v) is 0.771. The van der Waals surface area contributed by atoms with E-state index in [9.17, 15) is 4.79 Å². The van der Waals surface area contributed by atoms with Crippen molar-refractivity contribution in [1.82, 2.24) is 15.2 Å². The Balaban J connectivity index is 3.02. The van der Waals surface area contributed by atoms with Crippen LogP contribution in [0.2, 0.25) is 0 Å². The number of aromatic nitrogens is 3. The topological polar surface area (TPSA) is 83.2 Å². The van der Waals surface area contributed by atoms with Gasteiger partial charge in [-0.25, -0.2) is 9.89 Å². The first kappa shape index (κ1) is 6.22. The fourth-order valence-corrected chi connectivity index (χ4v) is 0.399. The Labute approximate surface area is 55.3 Å². The van der Waals surface area contributed by atoms with Crippen LogP contribution in [0.1, 0.15) is 10.6 Å². The SMILES string of the molecule is [C-]#[N+]c1nc(C(=O)O)n[nH]1. The van der Waals surface area contributed by atoms with Crippen LogP contribution in [0.4, 0.5) is 5.95 Å². The van der Waals surface area contributed by atoms with Gasteiger partial charge in [-0.15, -0.1) is 11.6 Å². The minimum atomic E-state index is -1.24. The Hall–Kier alpha value is -1.90. The molecule has 0 amide bonds. The van der Waals surface area contributed by atoms with Crippen molar-refractivity contribution in [2.24, 2.45) is 0 Å². The van der Waals surface area contributed by atoms with E-state index < -0.39 is 5.97 Å². The average Bonchev–Trinajstić information content (AvgIpc) is 2.34. The first-order valence-electron chi connectivity index (χ1n) is 2.27. The van der Waals surface area contributed by atoms with Crippen LogP contribution in [-0.2, 0) is 0 Å². The van der Waals surface area contributed by atoms with E-state index in [-0.39, 0.29) is 11.8 Å². The summed E-state index contributed by atoms with van der Waals surface area (Å²) in [6.07, 6.45) is 0. The molecule has 0 aliphatic carbocycles. The number of hydrogen-bond acceptors (Lipinski definition) is 3. The van der Waals surface area contributed by atoms with Crippen molar-refractivity contribution in [2.45, 2.75) is 0 Å². The van der Waals surface area contributed by atoms with Crippen molar-refractivity contribution >= 4 is 11.9 Å². The van der Waals surface area contributed by atoms with E-state index in [0.717, 1.165) is 0 Å². The zero-order valence-corrected chi connectivity index (χ0v) is 4.70. The molecule has 1 rings (SSSR count). The minimum Gasteiger partial charge on any atom is -0.474 e. The number of H-pyrrole nitrogens is 1. The largest absolute Gasteiger partial charge is 0.474 e. The number of hydrogen-bond donors (Lipinski definition) is 2. The fraction of sp³-hybridized carbons (Fsp3) is 0. The Morgan fingerprint density at radius 2 is 2.50 bits per heavy atom. The van der Waals surface area contributed by atoms with Gasteiger partial charge in [-0.2, -0.15) is 0 Å². The van der Waals surface area contributed by atoms with Gasteiger partial charge in [0.1, 0.15) is 0 Å². The summed E-state index contributed by atoms with van der Waals surface area (Å²) in [5.41, 5.74) is 0. The van der Waals surface area contributed by atoms with E-state index in [0.29, 0.717) is 0 Å². The van der Waals surface area contributed by atoms with Crippen LogP contribution in [0.3, 0.4) is 0 Å². The number of carboxylic acid groups (broad SMARTS) is 1. The molecule has 0 aliphatic heterocycles. The summed E-state index contributed by atoms with van der Waals surface area (Å²) in [5, 5.41) is 13.6. The highest BCUT2D eigenvalue weighted by Gasteiger charge is 2.12. The molecule has 0 saturated heterocycles. The monoisotopic (exact) mass is 138 g/mol. The van der Waals surface area contributed by atoms with Gasteiger partial charge in [0.25, 0.3) is 0 Å². The molecule has 1 aromatic heterocycles.